The first-order chi connectivity index (χ1) is 11.8. The Bertz CT molecular complexity index is 959. The van der Waals surface area contributed by atoms with Gasteiger partial charge in [-0.2, -0.15) is 0 Å². The summed E-state index contributed by atoms with van der Waals surface area (Å²) in [5, 5.41) is 4.24. The van der Waals surface area contributed by atoms with Crippen molar-refractivity contribution >= 4 is 5.91 Å². The van der Waals surface area contributed by atoms with E-state index in [0.717, 1.165) is 10.2 Å². The SMILES string of the molecule is CC(=O)n1nc(-c2ccccc2)n(-c2ccc(C(C)(C)C)cc2)c1=O. The fourth-order valence-corrected chi connectivity index (χ4v) is 2.69. The molecule has 5 nitrogen and oxygen atoms in total. The molecule has 0 aliphatic carbocycles. The number of aromatic nitrogens is 3. The third-order valence-corrected chi connectivity index (χ3v) is 4.10. The Balaban J connectivity index is 2.21. The van der Waals surface area contributed by atoms with Gasteiger partial charge in [0.25, 0.3) is 0 Å². The van der Waals surface area contributed by atoms with Crippen molar-refractivity contribution in [1.29, 1.82) is 0 Å². The van der Waals surface area contributed by atoms with E-state index in [2.05, 4.69) is 25.9 Å². The smallest absolute Gasteiger partial charge is 0.273 e. The van der Waals surface area contributed by atoms with Crippen molar-refractivity contribution in [1.82, 2.24) is 14.3 Å². The van der Waals surface area contributed by atoms with Crippen molar-refractivity contribution in [2.75, 3.05) is 0 Å². The first-order valence-electron chi connectivity index (χ1n) is 8.18. The van der Waals surface area contributed by atoms with Gasteiger partial charge in [0.15, 0.2) is 5.82 Å². The monoisotopic (exact) mass is 335 g/mol. The second-order valence-electron chi connectivity index (χ2n) is 7.04. The average molecular weight is 335 g/mol. The molecule has 25 heavy (non-hydrogen) atoms. The Hall–Kier alpha value is -2.95. The zero-order valence-electron chi connectivity index (χ0n) is 14.9. The molecule has 0 radical (unpaired) electrons. The van der Waals surface area contributed by atoms with Crippen molar-refractivity contribution in [2.45, 2.75) is 33.1 Å². The van der Waals surface area contributed by atoms with Gasteiger partial charge >= 0.3 is 5.69 Å². The van der Waals surface area contributed by atoms with Gasteiger partial charge in [-0.3, -0.25) is 4.79 Å². The molecular weight excluding hydrogens is 314 g/mol. The first kappa shape index (κ1) is 16.9. The fourth-order valence-electron chi connectivity index (χ4n) is 2.69. The zero-order chi connectivity index (χ0) is 18.2. The summed E-state index contributed by atoms with van der Waals surface area (Å²) < 4.78 is 2.38. The molecule has 0 atom stereocenters. The minimum Gasteiger partial charge on any atom is -0.273 e. The maximum atomic E-state index is 12.7. The lowest BCUT2D eigenvalue weighted by Crippen LogP contribution is -2.27. The number of rotatable bonds is 2. The maximum absolute atomic E-state index is 12.7. The van der Waals surface area contributed by atoms with Crippen LogP contribution < -0.4 is 5.69 Å². The van der Waals surface area contributed by atoms with Crippen molar-refractivity contribution in [3.05, 3.63) is 70.6 Å². The number of hydrogen-bond acceptors (Lipinski definition) is 3. The number of carbonyl (C=O) groups is 1. The Labute approximate surface area is 146 Å². The summed E-state index contributed by atoms with van der Waals surface area (Å²) in [5.74, 6) is 0.0385. The molecule has 0 aliphatic heterocycles. The van der Waals surface area contributed by atoms with Crippen LogP contribution in [0.1, 0.15) is 38.1 Å². The van der Waals surface area contributed by atoms with E-state index >= 15 is 0 Å². The summed E-state index contributed by atoms with van der Waals surface area (Å²) in [6, 6.07) is 17.2. The van der Waals surface area contributed by atoms with E-state index in [0.29, 0.717) is 11.5 Å². The number of benzene rings is 2. The lowest BCUT2D eigenvalue weighted by Gasteiger charge is -2.19. The summed E-state index contributed by atoms with van der Waals surface area (Å²) in [6.45, 7) is 7.74. The van der Waals surface area contributed by atoms with Crippen molar-refractivity contribution in [3.63, 3.8) is 0 Å². The molecule has 0 saturated carbocycles. The molecule has 3 aromatic rings. The van der Waals surface area contributed by atoms with Crippen LogP contribution in [-0.4, -0.2) is 20.3 Å². The molecule has 0 bridgehead atoms. The summed E-state index contributed by atoms with van der Waals surface area (Å²) in [4.78, 5) is 24.5. The first-order valence-corrected chi connectivity index (χ1v) is 8.18. The Morgan fingerprint density at radius 3 is 2.08 bits per heavy atom. The summed E-state index contributed by atoms with van der Waals surface area (Å²) >= 11 is 0. The largest absolute Gasteiger partial charge is 0.358 e. The van der Waals surface area contributed by atoms with Crippen LogP contribution >= 0.6 is 0 Å². The van der Waals surface area contributed by atoms with Crippen LogP contribution in [0.3, 0.4) is 0 Å². The Morgan fingerprint density at radius 2 is 1.56 bits per heavy atom. The van der Waals surface area contributed by atoms with Gasteiger partial charge in [-0.05, 0) is 23.1 Å². The molecule has 0 aliphatic rings. The van der Waals surface area contributed by atoms with Gasteiger partial charge in [-0.1, -0.05) is 63.2 Å². The predicted molar refractivity (Wildman–Crippen MR) is 98.3 cm³/mol. The molecule has 0 unspecified atom stereocenters. The highest BCUT2D eigenvalue weighted by molar-refractivity contribution is 5.75. The third kappa shape index (κ3) is 3.18. The highest BCUT2D eigenvalue weighted by atomic mass is 16.2. The quantitative estimate of drug-likeness (QED) is 0.718. The minimum atomic E-state index is -0.463. The van der Waals surface area contributed by atoms with Crippen LogP contribution in [0.25, 0.3) is 17.1 Å². The van der Waals surface area contributed by atoms with Crippen LogP contribution in [-0.2, 0) is 5.41 Å². The lowest BCUT2D eigenvalue weighted by molar-refractivity contribution is 0.0916. The molecule has 1 aromatic heterocycles. The molecule has 1 heterocycles. The lowest BCUT2D eigenvalue weighted by atomic mass is 9.87. The summed E-state index contributed by atoms with van der Waals surface area (Å²) in [7, 11) is 0. The van der Waals surface area contributed by atoms with Crippen molar-refractivity contribution in [3.8, 4) is 17.1 Å². The second-order valence-corrected chi connectivity index (χ2v) is 7.04. The highest BCUT2D eigenvalue weighted by Crippen LogP contribution is 2.24. The normalized spacial score (nSPS) is 11.5. The topological polar surface area (TPSA) is 56.9 Å². The minimum absolute atomic E-state index is 0.0231. The second kappa shape index (κ2) is 6.16. The Morgan fingerprint density at radius 1 is 0.960 bits per heavy atom. The van der Waals surface area contributed by atoms with E-state index in [1.165, 1.54) is 17.1 Å². The van der Waals surface area contributed by atoms with E-state index in [1.54, 1.807) is 0 Å². The van der Waals surface area contributed by atoms with Crippen molar-refractivity contribution in [2.24, 2.45) is 0 Å². The van der Waals surface area contributed by atoms with Crippen molar-refractivity contribution < 1.29 is 4.79 Å². The van der Waals surface area contributed by atoms with Gasteiger partial charge < -0.3 is 0 Å². The summed E-state index contributed by atoms with van der Waals surface area (Å²) in [6.07, 6.45) is 0. The van der Waals surface area contributed by atoms with E-state index in [9.17, 15) is 9.59 Å². The van der Waals surface area contributed by atoms with Crippen LogP contribution in [0.2, 0.25) is 0 Å². The van der Waals surface area contributed by atoms with Gasteiger partial charge in [0.2, 0.25) is 5.91 Å². The maximum Gasteiger partial charge on any atom is 0.358 e. The molecule has 128 valence electrons. The molecule has 0 fully saturated rings. The van der Waals surface area contributed by atoms with E-state index in [-0.39, 0.29) is 5.41 Å². The average Bonchev–Trinajstić information content (AvgIpc) is 2.92. The highest BCUT2D eigenvalue weighted by Gasteiger charge is 2.19. The standard InChI is InChI=1S/C20H21N3O2/c1-14(24)23-19(25)22(18(21-23)15-8-6-5-7-9-15)17-12-10-16(11-13-17)20(2,3)4/h5-13H,1-4H3. The van der Waals surface area contributed by atoms with Gasteiger partial charge in [-0.25, -0.2) is 9.36 Å². The Kier molecular flexibility index (Phi) is 4.17. The molecule has 0 spiro atoms. The van der Waals surface area contributed by atoms with Crippen LogP contribution in [0.4, 0.5) is 0 Å². The van der Waals surface area contributed by atoms with Crippen LogP contribution in [0, 0.1) is 0 Å². The molecule has 2 aromatic carbocycles. The molecule has 0 N–H and O–H groups in total. The predicted octanol–water partition coefficient (Wildman–Crippen LogP) is 3.66. The number of carbonyl (C=O) groups excluding carboxylic acids is 1. The molecular formula is C20H21N3O2. The van der Waals surface area contributed by atoms with E-state index in [4.69, 9.17) is 0 Å². The van der Waals surface area contributed by atoms with Gasteiger partial charge in [0.1, 0.15) is 0 Å². The zero-order valence-corrected chi connectivity index (χ0v) is 14.9. The molecule has 5 heteroatoms. The molecule has 3 rings (SSSR count). The number of nitrogens with zero attached hydrogens (tertiary/aromatic N) is 3. The number of hydrogen-bond donors (Lipinski definition) is 0. The molecule has 0 saturated heterocycles. The molecule has 0 amide bonds. The fraction of sp³-hybridized carbons (Fsp3) is 0.250. The van der Waals surface area contributed by atoms with Gasteiger partial charge in [-0.15, -0.1) is 9.78 Å². The van der Waals surface area contributed by atoms with E-state index in [1.807, 2.05) is 54.6 Å². The van der Waals surface area contributed by atoms with Crippen LogP contribution in [0.5, 0.6) is 0 Å². The summed E-state index contributed by atoms with van der Waals surface area (Å²) in [5.41, 5.74) is 2.19. The van der Waals surface area contributed by atoms with E-state index < -0.39 is 11.6 Å². The van der Waals surface area contributed by atoms with Gasteiger partial charge in [0, 0.05) is 12.5 Å². The third-order valence-electron chi connectivity index (χ3n) is 4.10. The van der Waals surface area contributed by atoms with Gasteiger partial charge in [0.05, 0.1) is 5.69 Å². The van der Waals surface area contributed by atoms with Crippen LogP contribution in [0.15, 0.2) is 59.4 Å².